The first-order chi connectivity index (χ1) is 16.0. The van der Waals surface area contributed by atoms with E-state index in [1.807, 2.05) is 36.0 Å². The Bertz CT molecular complexity index is 1180. The fourth-order valence-electron chi connectivity index (χ4n) is 6.59. The van der Waals surface area contributed by atoms with E-state index in [4.69, 9.17) is 16.4 Å². The number of benzene rings is 2. The molecular weight excluding hydrogens is 442 g/mol. The summed E-state index contributed by atoms with van der Waals surface area (Å²) < 4.78 is 2.02. The van der Waals surface area contributed by atoms with Gasteiger partial charge < -0.3 is 5.73 Å². The highest BCUT2D eigenvalue weighted by atomic mass is 35.5. The van der Waals surface area contributed by atoms with Gasteiger partial charge >= 0.3 is 0 Å². The summed E-state index contributed by atoms with van der Waals surface area (Å²) in [4.78, 5) is 8.58. The Balaban J connectivity index is 0.000000173. The largest absolute Gasteiger partial charge is 0.372 e. The van der Waals surface area contributed by atoms with E-state index < -0.39 is 0 Å². The number of halogens is 1. The molecule has 3 aliphatic rings. The summed E-state index contributed by atoms with van der Waals surface area (Å²) in [6.45, 7) is 12.3. The van der Waals surface area contributed by atoms with E-state index in [9.17, 15) is 0 Å². The Morgan fingerprint density at radius 2 is 1.76 bits per heavy atom. The number of carbonyl (C=O) groups is 1. The Hall–Kier alpha value is -2.59. The van der Waals surface area contributed by atoms with Crippen LogP contribution in [0.5, 0.6) is 0 Å². The Labute approximate surface area is 208 Å². The van der Waals surface area contributed by atoms with Gasteiger partial charge in [-0.3, -0.25) is 9.48 Å². The van der Waals surface area contributed by atoms with Crippen molar-refractivity contribution in [3.8, 4) is 11.3 Å². The van der Waals surface area contributed by atoms with Gasteiger partial charge in [-0.15, -0.1) is 0 Å². The molecule has 0 saturated heterocycles. The number of hydrogen-bond donors (Lipinski definition) is 1. The van der Waals surface area contributed by atoms with Crippen LogP contribution in [0.3, 0.4) is 0 Å². The molecule has 2 N–H and O–H groups in total. The van der Waals surface area contributed by atoms with E-state index in [1.165, 1.54) is 17.5 Å². The highest BCUT2D eigenvalue weighted by Crippen LogP contribution is 2.92. The van der Waals surface area contributed by atoms with E-state index in [2.05, 4.69) is 68.9 Å². The fraction of sp³-hybridized carbons (Fsp3) is 0.448. The maximum Gasteiger partial charge on any atom is 0.204 e. The van der Waals surface area contributed by atoms with Crippen molar-refractivity contribution in [2.24, 2.45) is 27.9 Å². The fourth-order valence-corrected chi connectivity index (χ4v) is 6.70. The molecule has 3 aromatic rings. The van der Waals surface area contributed by atoms with Crippen LogP contribution in [-0.4, -0.2) is 16.2 Å². The molecule has 180 valence electrons. The zero-order valence-electron chi connectivity index (χ0n) is 20.9. The Kier molecular flexibility index (Phi) is 6.41. The predicted octanol–water partition coefficient (Wildman–Crippen LogP) is 6.80. The maximum atomic E-state index is 8.58. The molecule has 2 aromatic carbocycles. The van der Waals surface area contributed by atoms with Crippen LogP contribution in [0.4, 0.5) is 0 Å². The zero-order valence-corrected chi connectivity index (χ0v) is 21.7. The number of nitrogens with two attached hydrogens (primary N) is 1. The highest BCUT2D eigenvalue weighted by Gasteiger charge is 2.84. The molecule has 1 heterocycles. The number of aromatic nitrogens is 2. The first-order valence-corrected chi connectivity index (χ1v) is 12.4. The first kappa shape index (κ1) is 24.5. The number of aryl methyl sites for hydroxylation is 2. The van der Waals surface area contributed by atoms with Gasteiger partial charge in [-0.2, -0.15) is 5.10 Å². The average Bonchev–Trinajstić information content (AvgIpc) is 3.54. The molecule has 0 bridgehead atoms. The van der Waals surface area contributed by atoms with Gasteiger partial charge in [0, 0.05) is 16.8 Å². The van der Waals surface area contributed by atoms with Gasteiger partial charge in [0.15, 0.2) is 0 Å². The van der Waals surface area contributed by atoms with Crippen LogP contribution in [0.15, 0.2) is 54.7 Å². The molecule has 5 heteroatoms. The van der Waals surface area contributed by atoms with E-state index in [0.29, 0.717) is 5.41 Å². The SMILES string of the molecule is CC1(C)CC2(C)CC23CC13.Cc1ccc(Cn2nccc2-c2ccc(Cl)c(C)c2)cc1.NC=O. The van der Waals surface area contributed by atoms with Gasteiger partial charge in [-0.25, -0.2) is 0 Å². The van der Waals surface area contributed by atoms with E-state index in [0.717, 1.165) is 45.1 Å². The van der Waals surface area contributed by atoms with Crippen molar-refractivity contribution in [3.63, 3.8) is 0 Å². The van der Waals surface area contributed by atoms with Crippen LogP contribution in [-0.2, 0) is 11.3 Å². The Morgan fingerprint density at radius 1 is 1.09 bits per heavy atom. The zero-order chi connectivity index (χ0) is 24.7. The lowest BCUT2D eigenvalue weighted by molar-refractivity contribution is -0.106. The predicted molar refractivity (Wildman–Crippen MR) is 140 cm³/mol. The van der Waals surface area contributed by atoms with Crippen molar-refractivity contribution in [1.82, 2.24) is 9.78 Å². The molecule has 3 atom stereocenters. The summed E-state index contributed by atoms with van der Waals surface area (Å²) in [5.41, 5.74) is 12.4. The van der Waals surface area contributed by atoms with Crippen LogP contribution in [0.2, 0.25) is 5.02 Å². The third-order valence-electron chi connectivity index (χ3n) is 8.27. The molecule has 1 spiro atoms. The minimum absolute atomic E-state index is 0.250. The molecule has 3 aliphatic carbocycles. The van der Waals surface area contributed by atoms with Gasteiger partial charge in [0.25, 0.3) is 0 Å². The van der Waals surface area contributed by atoms with Gasteiger partial charge in [0.1, 0.15) is 0 Å². The molecule has 3 fully saturated rings. The number of primary amides is 1. The van der Waals surface area contributed by atoms with Gasteiger partial charge in [0.05, 0.1) is 12.2 Å². The van der Waals surface area contributed by atoms with Crippen LogP contribution in [0, 0.1) is 36.0 Å². The highest BCUT2D eigenvalue weighted by molar-refractivity contribution is 6.31. The molecule has 3 unspecified atom stereocenters. The monoisotopic (exact) mass is 477 g/mol. The van der Waals surface area contributed by atoms with Crippen LogP contribution < -0.4 is 5.73 Å². The van der Waals surface area contributed by atoms with Crippen LogP contribution >= 0.6 is 11.6 Å². The van der Waals surface area contributed by atoms with E-state index in [-0.39, 0.29) is 6.41 Å². The Morgan fingerprint density at radius 3 is 2.26 bits per heavy atom. The molecule has 3 saturated carbocycles. The lowest BCUT2D eigenvalue weighted by Gasteiger charge is -2.23. The number of nitrogens with zero attached hydrogens (tertiary/aromatic N) is 2. The topological polar surface area (TPSA) is 60.9 Å². The van der Waals surface area contributed by atoms with Crippen molar-refractivity contribution in [2.75, 3.05) is 0 Å². The number of carbonyl (C=O) groups excluding carboxylic acids is 1. The second kappa shape index (κ2) is 8.88. The molecule has 4 nitrogen and oxygen atoms in total. The molecule has 34 heavy (non-hydrogen) atoms. The third kappa shape index (κ3) is 4.53. The molecule has 6 rings (SSSR count). The molecule has 1 amide bonds. The normalized spacial score (nSPS) is 26.7. The summed E-state index contributed by atoms with van der Waals surface area (Å²) in [6, 6.07) is 16.7. The maximum absolute atomic E-state index is 8.58. The van der Waals surface area contributed by atoms with E-state index >= 15 is 0 Å². The quantitative estimate of drug-likeness (QED) is 0.421. The van der Waals surface area contributed by atoms with Gasteiger partial charge in [-0.1, -0.05) is 68.3 Å². The minimum Gasteiger partial charge on any atom is -0.372 e. The lowest BCUT2D eigenvalue weighted by Crippen LogP contribution is -2.14. The third-order valence-corrected chi connectivity index (χ3v) is 8.69. The number of amides is 1. The smallest absolute Gasteiger partial charge is 0.204 e. The second-order valence-corrected chi connectivity index (χ2v) is 11.7. The molecular formula is C29H36ClN3O. The summed E-state index contributed by atoms with van der Waals surface area (Å²) in [6.07, 6.45) is 6.72. The number of rotatable bonds is 3. The molecule has 0 aliphatic heterocycles. The van der Waals surface area contributed by atoms with Crippen LogP contribution in [0.25, 0.3) is 11.3 Å². The second-order valence-electron chi connectivity index (χ2n) is 11.3. The summed E-state index contributed by atoms with van der Waals surface area (Å²) in [5.74, 6) is 1.12. The molecule has 0 radical (unpaired) electrons. The summed E-state index contributed by atoms with van der Waals surface area (Å²) >= 11 is 6.10. The van der Waals surface area contributed by atoms with Crippen LogP contribution in [0.1, 0.15) is 56.7 Å². The van der Waals surface area contributed by atoms with Crippen molar-refractivity contribution in [2.45, 2.75) is 60.4 Å². The summed E-state index contributed by atoms with van der Waals surface area (Å²) in [5, 5.41) is 5.24. The number of hydrogen-bond acceptors (Lipinski definition) is 2. The first-order valence-electron chi connectivity index (χ1n) is 12.0. The van der Waals surface area contributed by atoms with Gasteiger partial charge in [0.2, 0.25) is 6.41 Å². The summed E-state index contributed by atoms with van der Waals surface area (Å²) in [7, 11) is 0. The minimum atomic E-state index is 0.250. The lowest BCUT2D eigenvalue weighted by atomic mass is 9.82. The molecule has 1 aromatic heterocycles. The van der Waals surface area contributed by atoms with Crippen molar-refractivity contribution in [1.29, 1.82) is 0 Å². The van der Waals surface area contributed by atoms with E-state index in [1.54, 1.807) is 12.8 Å². The average molecular weight is 478 g/mol. The van der Waals surface area contributed by atoms with Crippen molar-refractivity contribution < 1.29 is 4.79 Å². The van der Waals surface area contributed by atoms with Crippen molar-refractivity contribution >= 4 is 18.0 Å². The standard InChI is InChI=1S/C18H17ClN2.C10H16.CH3NO/c1-13-3-5-15(6-4-13)12-21-18(9-10-20-21)16-7-8-17(19)14(2)11-16;1-8(2)5-9(3)6-10(9)4-7(8)10;2-1-3/h3-11H,12H2,1-2H3;7H,4-6H2,1-3H3;1H,(H2,2,3). The van der Waals surface area contributed by atoms with Gasteiger partial charge in [-0.05, 0) is 84.6 Å². The van der Waals surface area contributed by atoms with Crippen molar-refractivity contribution in [3.05, 3.63) is 76.4 Å².